The monoisotopic (exact) mass is 260 g/mol. The summed E-state index contributed by atoms with van der Waals surface area (Å²) in [6, 6.07) is 5.61. The van der Waals surface area contributed by atoms with Gasteiger partial charge in [0.2, 0.25) is 0 Å². The van der Waals surface area contributed by atoms with E-state index in [4.69, 9.17) is 15.2 Å². The molecule has 1 aromatic carbocycles. The van der Waals surface area contributed by atoms with Gasteiger partial charge in [0.15, 0.2) is 0 Å². The number of nitrogens with zero attached hydrogens (tertiary/aromatic N) is 1. The Hall–Kier alpha value is -1.81. The van der Waals surface area contributed by atoms with Crippen molar-refractivity contribution in [1.82, 2.24) is 4.98 Å². The summed E-state index contributed by atoms with van der Waals surface area (Å²) >= 11 is 0. The van der Waals surface area contributed by atoms with Crippen molar-refractivity contribution in [1.29, 1.82) is 0 Å². The van der Waals surface area contributed by atoms with Crippen LogP contribution in [0.1, 0.15) is 20.8 Å². The van der Waals surface area contributed by atoms with Crippen molar-refractivity contribution in [3.05, 3.63) is 30.6 Å². The van der Waals surface area contributed by atoms with Crippen molar-refractivity contribution in [3.8, 4) is 5.75 Å². The number of pyridine rings is 1. The zero-order valence-corrected chi connectivity index (χ0v) is 11.6. The molecule has 2 rings (SSSR count). The molecular formula is C15H20N2O2. The van der Waals surface area contributed by atoms with Gasteiger partial charge in [0, 0.05) is 28.9 Å². The zero-order chi connectivity index (χ0) is 13.9. The molecule has 1 heterocycles. The fourth-order valence-electron chi connectivity index (χ4n) is 1.81. The Kier molecular flexibility index (Phi) is 3.90. The maximum atomic E-state index is 5.93. The topological polar surface area (TPSA) is 57.4 Å². The molecule has 1 aromatic heterocycles. The lowest BCUT2D eigenvalue weighted by atomic mass is 10.1. The van der Waals surface area contributed by atoms with Crippen LogP contribution in [0, 0.1) is 0 Å². The molecule has 0 atom stereocenters. The maximum Gasteiger partial charge on any atom is 0.128 e. The number of anilines is 1. The first-order valence-electron chi connectivity index (χ1n) is 6.36. The lowest BCUT2D eigenvalue weighted by molar-refractivity contribution is -0.0161. The van der Waals surface area contributed by atoms with E-state index >= 15 is 0 Å². The summed E-state index contributed by atoms with van der Waals surface area (Å²) in [7, 11) is 0. The third-order valence-electron chi connectivity index (χ3n) is 2.69. The number of nitrogen functional groups attached to an aromatic ring is 1. The summed E-state index contributed by atoms with van der Waals surface area (Å²) in [6.07, 6.45) is 3.50. The van der Waals surface area contributed by atoms with Crippen LogP contribution in [0.15, 0.2) is 30.6 Å². The highest BCUT2D eigenvalue weighted by Crippen LogP contribution is 2.29. The van der Waals surface area contributed by atoms with E-state index in [0.29, 0.717) is 13.2 Å². The van der Waals surface area contributed by atoms with Gasteiger partial charge in [-0.15, -0.1) is 0 Å². The highest BCUT2D eigenvalue weighted by Gasteiger charge is 2.10. The minimum absolute atomic E-state index is 0.145. The molecule has 0 fully saturated rings. The summed E-state index contributed by atoms with van der Waals surface area (Å²) in [6.45, 7) is 7.13. The number of fused-ring (bicyclic) bond motifs is 1. The number of ether oxygens (including phenoxy) is 2. The van der Waals surface area contributed by atoms with Crippen molar-refractivity contribution in [2.45, 2.75) is 26.4 Å². The number of aromatic nitrogens is 1. The van der Waals surface area contributed by atoms with E-state index in [-0.39, 0.29) is 5.60 Å². The third-order valence-corrected chi connectivity index (χ3v) is 2.69. The van der Waals surface area contributed by atoms with E-state index in [2.05, 4.69) is 4.98 Å². The average Bonchev–Trinajstić information content (AvgIpc) is 2.36. The Balaban J connectivity index is 2.07. The molecular weight excluding hydrogens is 240 g/mol. The first-order chi connectivity index (χ1) is 8.97. The van der Waals surface area contributed by atoms with E-state index in [1.807, 2.05) is 39.0 Å². The molecule has 0 aliphatic rings. The molecule has 2 N–H and O–H groups in total. The average molecular weight is 260 g/mol. The van der Waals surface area contributed by atoms with E-state index in [0.717, 1.165) is 22.2 Å². The normalized spacial score (nSPS) is 11.7. The van der Waals surface area contributed by atoms with Crippen LogP contribution in [-0.2, 0) is 4.74 Å². The largest absolute Gasteiger partial charge is 0.490 e. The van der Waals surface area contributed by atoms with Crippen LogP contribution in [0.3, 0.4) is 0 Å². The van der Waals surface area contributed by atoms with Gasteiger partial charge in [-0.3, -0.25) is 4.98 Å². The minimum atomic E-state index is -0.145. The second kappa shape index (κ2) is 5.45. The van der Waals surface area contributed by atoms with Gasteiger partial charge >= 0.3 is 0 Å². The lowest BCUT2D eigenvalue weighted by Crippen LogP contribution is -2.22. The Morgan fingerprint density at radius 1 is 1.11 bits per heavy atom. The first kappa shape index (κ1) is 13.6. The quantitative estimate of drug-likeness (QED) is 0.678. The van der Waals surface area contributed by atoms with Crippen molar-refractivity contribution in [2.24, 2.45) is 0 Å². The summed E-state index contributed by atoms with van der Waals surface area (Å²) in [5.41, 5.74) is 6.52. The number of hydrogen-bond donors (Lipinski definition) is 1. The molecule has 0 spiro atoms. The molecule has 0 saturated heterocycles. The predicted molar refractivity (Wildman–Crippen MR) is 77.4 cm³/mol. The molecule has 0 aliphatic carbocycles. The Morgan fingerprint density at radius 2 is 1.89 bits per heavy atom. The highest BCUT2D eigenvalue weighted by atomic mass is 16.5. The van der Waals surface area contributed by atoms with E-state index < -0.39 is 0 Å². The highest BCUT2D eigenvalue weighted by molar-refractivity contribution is 5.96. The van der Waals surface area contributed by atoms with Gasteiger partial charge < -0.3 is 15.2 Å². The van der Waals surface area contributed by atoms with Crippen LogP contribution in [0.4, 0.5) is 5.69 Å². The van der Waals surface area contributed by atoms with E-state index in [1.54, 1.807) is 12.4 Å². The second-order valence-corrected chi connectivity index (χ2v) is 5.38. The van der Waals surface area contributed by atoms with Crippen LogP contribution in [0.2, 0.25) is 0 Å². The van der Waals surface area contributed by atoms with Crippen LogP contribution in [0.25, 0.3) is 10.8 Å². The molecule has 0 aliphatic heterocycles. The summed E-state index contributed by atoms with van der Waals surface area (Å²) in [5.74, 6) is 0.787. The fourth-order valence-corrected chi connectivity index (χ4v) is 1.81. The number of hydrogen-bond acceptors (Lipinski definition) is 4. The van der Waals surface area contributed by atoms with Crippen molar-refractivity contribution >= 4 is 16.5 Å². The van der Waals surface area contributed by atoms with Crippen molar-refractivity contribution < 1.29 is 9.47 Å². The van der Waals surface area contributed by atoms with Crippen molar-refractivity contribution in [3.63, 3.8) is 0 Å². The van der Waals surface area contributed by atoms with Gasteiger partial charge in [0.1, 0.15) is 12.4 Å². The van der Waals surface area contributed by atoms with Crippen LogP contribution < -0.4 is 10.5 Å². The zero-order valence-electron chi connectivity index (χ0n) is 11.6. The molecule has 0 amide bonds. The second-order valence-electron chi connectivity index (χ2n) is 5.38. The van der Waals surface area contributed by atoms with Gasteiger partial charge in [-0.25, -0.2) is 0 Å². The van der Waals surface area contributed by atoms with Gasteiger partial charge in [0.25, 0.3) is 0 Å². The Morgan fingerprint density at radius 3 is 2.63 bits per heavy atom. The molecule has 0 saturated carbocycles. The van der Waals surface area contributed by atoms with Crippen molar-refractivity contribution in [2.75, 3.05) is 18.9 Å². The minimum Gasteiger partial charge on any atom is -0.490 e. The smallest absolute Gasteiger partial charge is 0.128 e. The van der Waals surface area contributed by atoms with Gasteiger partial charge in [0.05, 0.1) is 12.2 Å². The third kappa shape index (κ3) is 3.58. The van der Waals surface area contributed by atoms with E-state index in [1.165, 1.54) is 0 Å². The van der Waals surface area contributed by atoms with Gasteiger partial charge in [-0.1, -0.05) is 0 Å². The molecule has 19 heavy (non-hydrogen) atoms. The first-order valence-corrected chi connectivity index (χ1v) is 6.36. The molecule has 4 nitrogen and oxygen atoms in total. The Labute approximate surface area is 113 Å². The van der Waals surface area contributed by atoms with Gasteiger partial charge in [-0.05, 0) is 39.0 Å². The number of nitrogens with two attached hydrogens (primary N) is 1. The SMILES string of the molecule is CC(C)(C)OCCOc1ccc(N)c2ccncc12. The molecule has 102 valence electrons. The standard InChI is InChI=1S/C15H20N2O2/c1-15(2,3)19-9-8-18-14-5-4-13(16)11-6-7-17-10-12(11)14/h4-7,10H,8-9,16H2,1-3H3. The number of benzene rings is 1. The van der Waals surface area contributed by atoms with Gasteiger partial charge in [-0.2, -0.15) is 0 Å². The summed E-state index contributed by atoms with van der Waals surface area (Å²) in [4.78, 5) is 4.12. The number of rotatable bonds is 4. The molecule has 4 heteroatoms. The maximum absolute atomic E-state index is 5.93. The predicted octanol–water partition coefficient (Wildman–Crippen LogP) is 3.01. The molecule has 2 aromatic rings. The van der Waals surface area contributed by atoms with Crippen LogP contribution >= 0.6 is 0 Å². The molecule has 0 radical (unpaired) electrons. The Bertz CT molecular complexity index is 562. The summed E-state index contributed by atoms with van der Waals surface area (Å²) in [5, 5.41) is 1.89. The summed E-state index contributed by atoms with van der Waals surface area (Å²) < 4.78 is 11.4. The lowest BCUT2D eigenvalue weighted by Gasteiger charge is -2.19. The fraction of sp³-hybridized carbons (Fsp3) is 0.400. The van der Waals surface area contributed by atoms with Crippen LogP contribution in [-0.4, -0.2) is 23.8 Å². The molecule has 0 unspecified atom stereocenters. The van der Waals surface area contributed by atoms with E-state index in [9.17, 15) is 0 Å². The van der Waals surface area contributed by atoms with Crippen LogP contribution in [0.5, 0.6) is 5.75 Å². The molecule has 0 bridgehead atoms.